The monoisotopic (exact) mass is 408 g/mol. The Kier molecular flexibility index (Phi) is 7.01. The molecule has 0 bridgehead atoms. The molecule has 0 aliphatic carbocycles. The first-order chi connectivity index (χ1) is 13.0. The van der Waals surface area contributed by atoms with E-state index in [0.717, 1.165) is 38.9 Å². The van der Waals surface area contributed by atoms with E-state index < -0.39 is 5.82 Å². The summed E-state index contributed by atoms with van der Waals surface area (Å²) in [4.78, 5) is 20.7. The summed E-state index contributed by atoms with van der Waals surface area (Å²) in [5, 5.41) is 0.898. The zero-order valence-corrected chi connectivity index (χ0v) is 17.5. The summed E-state index contributed by atoms with van der Waals surface area (Å²) >= 11 is 7.14. The van der Waals surface area contributed by atoms with Crippen LogP contribution in [-0.4, -0.2) is 35.3 Å². The molecule has 0 amide bonds. The van der Waals surface area contributed by atoms with Gasteiger partial charge in [0.25, 0.3) is 0 Å². The highest BCUT2D eigenvalue weighted by Crippen LogP contribution is 2.33. The Labute approximate surface area is 169 Å². The van der Waals surface area contributed by atoms with Crippen molar-refractivity contribution in [2.75, 3.05) is 19.6 Å². The van der Waals surface area contributed by atoms with Crippen molar-refractivity contribution in [3.8, 4) is 10.6 Å². The van der Waals surface area contributed by atoms with Gasteiger partial charge in [0.05, 0.1) is 10.6 Å². The number of Topliss-reactive ketones (excluding diaryl/α,β-unsaturated/α-hetero) is 1. The van der Waals surface area contributed by atoms with E-state index in [9.17, 15) is 9.18 Å². The first-order valence-electron chi connectivity index (χ1n) is 9.69. The van der Waals surface area contributed by atoms with Gasteiger partial charge in [-0.2, -0.15) is 0 Å². The number of carbonyl (C=O) groups is 1. The first-order valence-corrected chi connectivity index (χ1v) is 10.9. The number of aryl methyl sites for hydroxylation is 1. The van der Waals surface area contributed by atoms with Crippen molar-refractivity contribution in [2.45, 2.75) is 46.0 Å². The number of aromatic nitrogens is 1. The van der Waals surface area contributed by atoms with E-state index in [1.165, 1.54) is 30.2 Å². The average Bonchev–Trinajstić information content (AvgIpc) is 2.87. The van der Waals surface area contributed by atoms with Crippen molar-refractivity contribution < 1.29 is 9.18 Å². The molecule has 1 unspecified atom stereocenters. The van der Waals surface area contributed by atoms with Crippen LogP contribution in [0, 0.1) is 18.7 Å². The number of ketones is 1. The van der Waals surface area contributed by atoms with E-state index in [2.05, 4.69) is 16.8 Å². The maximum atomic E-state index is 14.2. The lowest BCUT2D eigenvalue weighted by Gasteiger charge is -2.19. The second-order valence-electron chi connectivity index (χ2n) is 7.24. The lowest BCUT2D eigenvalue weighted by Crippen LogP contribution is -2.26. The van der Waals surface area contributed by atoms with Crippen molar-refractivity contribution in [2.24, 2.45) is 5.92 Å². The average molecular weight is 409 g/mol. The van der Waals surface area contributed by atoms with Gasteiger partial charge in [-0.3, -0.25) is 4.79 Å². The third-order valence-corrected chi connectivity index (χ3v) is 6.64. The highest BCUT2D eigenvalue weighted by molar-refractivity contribution is 7.17. The summed E-state index contributed by atoms with van der Waals surface area (Å²) in [5.41, 5.74) is 1.10. The van der Waals surface area contributed by atoms with Crippen molar-refractivity contribution in [3.05, 3.63) is 39.6 Å². The zero-order valence-electron chi connectivity index (χ0n) is 15.9. The summed E-state index contributed by atoms with van der Waals surface area (Å²) in [7, 11) is 0. The SMILES string of the molecule is CCCCN1CCCC(C(=O)c2sc(-c3ccc(Cl)cc3F)nc2C)CC1. The van der Waals surface area contributed by atoms with Gasteiger partial charge < -0.3 is 4.90 Å². The van der Waals surface area contributed by atoms with Crippen LogP contribution < -0.4 is 0 Å². The van der Waals surface area contributed by atoms with E-state index in [1.54, 1.807) is 12.1 Å². The van der Waals surface area contributed by atoms with Crippen molar-refractivity contribution in [1.82, 2.24) is 9.88 Å². The molecule has 1 aromatic carbocycles. The Balaban J connectivity index is 1.74. The van der Waals surface area contributed by atoms with Crippen molar-refractivity contribution in [3.63, 3.8) is 0 Å². The van der Waals surface area contributed by atoms with Gasteiger partial charge in [-0.15, -0.1) is 11.3 Å². The van der Waals surface area contributed by atoms with Crippen LogP contribution in [0.5, 0.6) is 0 Å². The Bertz CT molecular complexity index is 807. The normalized spacial score (nSPS) is 18.4. The number of rotatable bonds is 6. The number of nitrogens with zero attached hydrogens (tertiary/aromatic N) is 2. The largest absolute Gasteiger partial charge is 0.303 e. The zero-order chi connectivity index (χ0) is 19.4. The second-order valence-corrected chi connectivity index (χ2v) is 8.68. The molecular formula is C21H26ClFN2OS. The van der Waals surface area contributed by atoms with Gasteiger partial charge in [-0.1, -0.05) is 24.9 Å². The molecule has 0 radical (unpaired) electrons. The number of hydrogen-bond donors (Lipinski definition) is 0. The maximum absolute atomic E-state index is 14.2. The molecule has 2 heterocycles. The van der Waals surface area contributed by atoms with Crippen LogP contribution >= 0.6 is 22.9 Å². The standard InChI is InChI=1S/C21H26ClFN2OS/c1-3-4-10-25-11-5-6-15(9-12-25)19(26)20-14(2)24-21(27-20)17-8-7-16(22)13-18(17)23/h7-8,13,15H,3-6,9-12H2,1-2H3. The lowest BCUT2D eigenvalue weighted by molar-refractivity contribution is 0.0911. The highest BCUT2D eigenvalue weighted by atomic mass is 35.5. The van der Waals surface area contributed by atoms with Crippen LogP contribution in [0.2, 0.25) is 5.02 Å². The van der Waals surface area contributed by atoms with E-state index in [0.29, 0.717) is 26.2 Å². The maximum Gasteiger partial charge on any atom is 0.177 e. The summed E-state index contributed by atoms with van der Waals surface area (Å²) in [6, 6.07) is 4.56. The first kappa shape index (κ1) is 20.4. The minimum absolute atomic E-state index is 0.0405. The van der Waals surface area contributed by atoms with E-state index in [4.69, 9.17) is 11.6 Å². The summed E-state index contributed by atoms with van der Waals surface area (Å²) < 4.78 is 14.2. The summed E-state index contributed by atoms with van der Waals surface area (Å²) in [5.74, 6) is -0.196. The fraction of sp³-hybridized carbons (Fsp3) is 0.524. The van der Waals surface area contributed by atoms with Crippen LogP contribution in [0.3, 0.4) is 0 Å². The molecule has 3 rings (SSSR count). The van der Waals surface area contributed by atoms with Crippen molar-refractivity contribution >= 4 is 28.7 Å². The van der Waals surface area contributed by atoms with Crippen LogP contribution in [0.4, 0.5) is 4.39 Å². The third-order valence-electron chi connectivity index (χ3n) is 5.20. The van der Waals surface area contributed by atoms with Gasteiger partial charge in [0.1, 0.15) is 10.8 Å². The van der Waals surface area contributed by atoms with Crippen LogP contribution in [-0.2, 0) is 0 Å². The highest BCUT2D eigenvalue weighted by Gasteiger charge is 2.27. The molecule has 2 aromatic rings. The number of thiazole rings is 1. The Hall–Kier alpha value is -1.30. The number of unbranched alkanes of at least 4 members (excludes halogenated alkanes) is 1. The second kappa shape index (κ2) is 9.26. The van der Waals surface area contributed by atoms with E-state index >= 15 is 0 Å². The van der Waals surface area contributed by atoms with Gasteiger partial charge in [-0.05, 0) is 70.4 Å². The molecule has 1 saturated heterocycles. The van der Waals surface area contributed by atoms with E-state index in [-0.39, 0.29) is 11.7 Å². The minimum atomic E-state index is -0.406. The Morgan fingerprint density at radius 1 is 1.37 bits per heavy atom. The number of halogens is 2. The molecule has 0 spiro atoms. The van der Waals surface area contributed by atoms with Crippen LogP contribution in [0.25, 0.3) is 10.6 Å². The topological polar surface area (TPSA) is 33.2 Å². The molecule has 1 atom stereocenters. The smallest absolute Gasteiger partial charge is 0.177 e. The van der Waals surface area contributed by atoms with Crippen molar-refractivity contribution in [1.29, 1.82) is 0 Å². The molecule has 27 heavy (non-hydrogen) atoms. The summed E-state index contributed by atoms with van der Waals surface area (Å²) in [6.07, 6.45) is 5.27. The van der Waals surface area contributed by atoms with Crippen LogP contribution in [0.1, 0.15) is 54.4 Å². The number of likely N-dealkylation sites (tertiary alicyclic amines) is 1. The molecular weight excluding hydrogens is 383 g/mol. The Morgan fingerprint density at radius 2 is 2.19 bits per heavy atom. The molecule has 1 aromatic heterocycles. The van der Waals surface area contributed by atoms with E-state index in [1.807, 2.05) is 6.92 Å². The third kappa shape index (κ3) is 4.95. The molecule has 1 aliphatic heterocycles. The number of hydrogen-bond acceptors (Lipinski definition) is 4. The molecule has 3 nitrogen and oxygen atoms in total. The minimum Gasteiger partial charge on any atom is -0.303 e. The number of carbonyl (C=O) groups excluding carboxylic acids is 1. The quantitative estimate of drug-likeness (QED) is 0.550. The predicted octanol–water partition coefficient (Wildman–Crippen LogP) is 6.00. The van der Waals surface area contributed by atoms with Gasteiger partial charge in [0.2, 0.25) is 0 Å². The van der Waals surface area contributed by atoms with Gasteiger partial charge in [0, 0.05) is 16.5 Å². The molecule has 0 N–H and O–H groups in total. The van der Waals surface area contributed by atoms with Crippen LogP contribution in [0.15, 0.2) is 18.2 Å². The number of benzene rings is 1. The van der Waals surface area contributed by atoms with Gasteiger partial charge in [-0.25, -0.2) is 9.37 Å². The predicted molar refractivity (Wildman–Crippen MR) is 110 cm³/mol. The molecule has 1 fully saturated rings. The molecule has 146 valence electrons. The fourth-order valence-electron chi connectivity index (χ4n) is 3.61. The molecule has 1 aliphatic rings. The van der Waals surface area contributed by atoms with Gasteiger partial charge >= 0.3 is 0 Å². The summed E-state index contributed by atoms with van der Waals surface area (Å²) in [6.45, 7) is 7.22. The molecule has 0 saturated carbocycles. The lowest BCUT2D eigenvalue weighted by atomic mass is 9.94. The Morgan fingerprint density at radius 3 is 2.93 bits per heavy atom. The molecule has 6 heteroatoms. The fourth-order valence-corrected chi connectivity index (χ4v) is 4.88. The van der Waals surface area contributed by atoms with Gasteiger partial charge in [0.15, 0.2) is 5.78 Å².